The summed E-state index contributed by atoms with van der Waals surface area (Å²) in [4.78, 5) is 22.8. The van der Waals surface area contributed by atoms with Gasteiger partial charge in [-0.1, -0.05) is 0 Å². The van der Waals surface area contributed by atoms with Crippen LogP contribution in [0.2, 0.25) is 0 Å². The molecule has 0 radical (unpaired) electrons. The summed E-state index contributed by atoms with van der Waals surface area (Å²) in [5.41, 5.74) is -0.965. The van der Waals surface area contributed by atoms with Gasteiger partial charge in [0.1, 0.15) is 5.54 Å². The summed E-state index contributed by atoms with van der Waals surface area (Å²) >= 11 is 0. The molecule has 5 nitrogen and oxygen atoms in total. The summed E-state index contributed by atoms with van der Waals surface area (Å²) in [5, 5.41) is 14.6. The molecule has 4 saturated carbocycles. The van der Waals surface area contributed by atoms with Crippen molar-refractivity contribution in [2.45, 2.75) is 43.7 Å². The third-order valence-corrected chi connectivity index (χ3v) is 5.55. The van der Waals surface area contributed by atoms with E-state index in [-0.39, 0.29) is 6.03 Å². The van der Waals surface area contributed by atoms with Gasteiger partial charge in [-0.15, -0.1) is 0 Å². The van der Waals surface area contributed by atoms with Gasteiger partial charge in [-0.2, -0.15) is 0 Å². The van der Waals surface area contributed by atoms with E-state index in [0.717, 1.165) is 11.8 Å². The van der Waals surface area contributed by atoms with Gasteiger partial charge >= 0.3 is 12.0 Å². The van der Waals surface area contributed by atoms with E-state index in [0.29, 0.717) is 30.7 Å². The Bertz CT molecular complexity index is 416. The highest BCUT2D eigenvalue weighted by Gasteiger charge is 2.65. The third-order valence-electron chi connectivity index (χ3n) is 5.55. The molecule has 5 heteroatoms. The highest BCUT2D eigenvalue weighted by atomic mass is 16.4. The van der Waals surface area contributed by atoms with Gasteiger partial charge in [-0.05, 0) is 55.8 Å². The minimum absolute atomic E-state index is 0.284. The van der Waals surface area contributed by atoms with Gasteiger partial charge in [-0.25, -0.2) is 9.59 Å². The van der Waals surface area contributed by atoms with Crippen molar-refractivity contribution in [3.05, 3.63) is 0 Å². The summed E-state index contributed by atoms with van der Waals surface area (Å²) in [6.07, 6.45) is 5.11. The van der Waals surface area contributed by atoms with E-state index >= 15 is 0 Å². The lowest BCUT2D eigenvalue weighted by molar-refractivity contribution is -0.140. The van der Waals surface area contributed by atoms with E-state index in [9.17, 15) is 9.59 Å². The van der Waals surface area contributed by atoms with E-state index in [1.807, 2.05) is 0 Å². The van der Waals surface area contributed by atoms with E-state index in [2.05, 4.69) is 10.6 Å². The fourth-order valence-corrected chi connectivity index (χ4v) is 4.44. The maximum Gasteiger partial charge on any atom is 0.329 e. The molecule has 0 aliphatic heterocycles. The normalized spacial score (nSPS) is 45.2. The molecule has 4 aliphatic carbocycles. The molecule has 4 unspecified atom stereocenters. The average molecular weight is 250 g/mol. The first-order chi connectivity index (χ1) is 8.61. The van der Waals surface area contributed by atoms with Crippen molar-refractivity contribution in [2.75, 3.05) is 0 Å². The first-order valence-electron chi connectivity index (χ1n) is 6.93. The Morgan fingerprint density at radius 1 is 1.11 bits per heavy atom. The molecule has 0 aromatic carbocycles. The van der Waals surface area contributed by atoms with Gasteiger partial charge in [0.2, 0.25) is 0 Å². The molecule has 0 spiro atoms. The van der Waals surface area contributed by atoms with E-state index in [1.165, 1.54) is 19.3 Å². The summed E-state index contributed by atoms with van der Waals surface area (Å²) in [7, 11) is 0. The minimum Gasteiger partial charge on any atom is -0.480 e. The zero-order valence-corrected chi connectivity index (χ0v) is 10.2. The summed E-state index contributed by atoms with van der Waals surface area (Å²) in [5.74, 6) is 2.11. The first kappa shape index (κ1) is 10.6. The number of urea groups is 1. The van der Waals surface area contributed by atoms with Crippen LogP contribution in [0.4, 0.5) is 4.79 Å². The van der Waals surface area contributed by atoms with Crippen LogP contribution in [0.1, 0.15) is 32.1 Å². The number of hydrogen-bond acceptors (Lipinski definition) is 2. The summed E-state index contributed by atoms with van der Waals surface area (Å²) in [6.45, 7) is 0. The van der Waals surface area contributed by atoms with Crippen LogP contribution in [0.5, 0.6) is 0 Å². The smallest absolute Gasteiger partial charge is 0.329 e. The van der Waals surface area contributed by atoms with Crippen LogP contribution in [0.3, 0.4) is 0 Å². The van der Waals surface area contributed by atoms with Crippen molar-refractivity contribution in [1.29, 1.82) is 0 Å². The number of hydrogen-bond donors (Lipinski definition) is 3. The second-order valence-electron chi connectivity index (χ2n) is 6.50. The summed E-state index contributed by atoms with van der Waals surface area (Å²) in [6, 6.07) is 0.0366. The van der Waals surface area contributed by atoms with Gasteiger partial charge in [-0.3, -0.25) is 0 Å². The minimum atomic E-state index is -0.965. The number of nitrogens with one attached hydrogen (secondary N) is 2. The molecule has 98 valence electrons. The number of carboxylic acid groups (broad SMARTS) is 1. The zero-order valence-electron chi connectivity index (χ0n) is 10.2. The van der Waals surface area contributed by atoms with Crippen molar-refractivity contribution in [3.63, 3.8) is 0 Å². The van der Waals surface area contributed by atoms with E-state index in [1.54, 1.807) is 0 Å². The quantitative estimate of drug-likeness (QED) is 0.697. The van der Waals surface area contributed by atoms with Crippen molar-refractivity contribution < 1.29 is 14.7 Å². The lowest BCUT2D eigenvalue weighted by Gasteiger charge is -2.15. The van der Waals surface area contributed by atoms with Gasteiger partial charge in [0.05, 0.1) is 0 Å². The van der Waals surface area contributed by atoms with Crippen LogP contribution < -0.4 is 10.6 Å². The van der Waals surface area contributed by atoms with Crippen molar-refractivity contribution >= 4 is 12.0 Å². The van der Waals surface area contributed by atoms with Crippen molar-refractivity contribution in [3.8, 4) is 0 Å². The molecule has 4 atom stereocenters. The number of fused-ring (bicyclic) bond motifs is 5. The van der Waals surface area contributed by atoms with Gasteiger partial charge in [0, 0.05) is 6.04 Å². The predicted octanol–water partition coefficient (Wildman–Crippen LogP) is 0.947. The summed E-state index contributed by atoms with van der Waals surface area (Å²) < 4.78 is 0. The number of amides is 2. The van der Waals surface area contributed by atoms with Crippen molar-refractivity contribution in [2.24, 2.45) is 23.7 Å². The topological polar surface area (TPSA) is 78.4 Å². The molecule has 2 bridgehead atoms. The van der Waals surface area contributed by atoms with Crippen LogP contribution >= 0.6 is 0 Å². The number of carbonyl (C=O) groups excluding carboxylic acids is 1. The Balaban J connectivity index is 1.34. The Hall–Kier alpha value is -1.26. The molecule has 3 N–H and O–H groups in total. The number of rotatable bonds is 3. The van der Waals surface area contributed by atoms with Crippen LogP contribution in [0.25, 0.3) is 0 Å². The molecule has 0 aromatic rings. The maximum absolute atomic E-state index is 11.8. The average Bonchev–Trinajstić information content (AvgIpc) is 3.17. The molecule has 0 saturated heterocycles. The molecule has 4 aliphatic rings. The first-order valence-corrected chi connectivity index (χ1v) is 6.93. The van der Waals surface area contributed by atoms with Crippen LogP contribution in [0.15, 0.2) is 0 Å². The van der Waals surface area contributed by atoms with Gasteiger partial charge in [0.25, 0.3) is 0 Å². The van der Waals surface area contributed by atoms with E-state index in [4.69, 9.17) is 5.11 Å². The fraction of sp³-hybridized carbons (Fsp3) is 0.846. The highest BCUT2D eigenvalue weighted by Crippen LogP contribution is 2.65. The van der Waals surface area contributed by atoms with Gasteiger partial charge in [0.15, 0.2) is 0 Å². The highest BCUT2D eigenvalue weighted by molar-refractivity contribution is 5.89. The maximum atomic E-state index is 11.8. The lowest BCUT2D eigenvalue weighted by Crippen LogP contribution is -2.49. The Labute approximate surface area is 105 Å². The number of aliphatic carboxylic acids is 1. The molecule has 0 aromatic heterocycles. The Morgan fingerprint density at radius 3 is 2.22 bits per heavy atom. The molecule has 4 rings (SSSR count). The van der Waals surface area contributed by atoms with E-state index < -0.39 is 11.5 Å². The zero-order chi connectivity index (χ0) is 12.5. The Kier molecular flexibility index (Phi) is 1.89. The lowest BCUT2D eigenvalue weighted by atomic mass is 10.0. The number of carboxylic acids is 1. The molecule has 0 heterocycles. The molecular weight excluding hydrogens is 232 g/mol. The second kappa shape index (κ2) is 3.19. The van der Waals surface area contributed by atoms with Gasteiger partial charge < -0.3 is 15.7 Å². The standard InChI is InChI=1S/C13H18N2O3/c16-11(17)13(3-4-13)15-12(18)14-10-8-6-1-2-7(5-6)9(8)10/h6-10H,1-5H2,(H,16,17)(H2,14,15,18). The van der Waals surface area contributed by atoms with Crippen LogP contribution in [-0.4, -0.2) is 28.7 Å². The van der Waals surface area contributed by atoms with Crippen LogP contribution in [0, 0.1) is 23.7 Å². The predicted molar refractivity (Wildman–Crippen MR) is 62.9 cm³/mol. The monoisotopic (exact) mass is 250 g/mol. The molecule has 18 heavy (non-hydrogen) atoms. The second-order valence-corrected chi connectivity index (χ2v) is 6.50. The molecule has 2 amide bonds. The van der Waals surface area contributed by atoms with Crippen molar-refractivity contribution in [1.82, 2.24) is 10.6 Å². The molecular formula is C13H18N2O3. The SMILES string of the molecule is O=C(NC1C2C3CCC(C3)C12)NC1(C(=O)O)CC1. The fourth-order valence-electron chi connectivity index (χ4n) is 4.44. The largest absolute Gasteiger partial charge is 0.480 e. The van der Waals surface area contributed by atoms with Crippen LogP contribution in [-0.2, 0) is 4.79 Å². The third kappa shape index (κ3) is 1.33. The Morgan fingerprint density at radius 2 is 1.72 bits per heavy atom. The number of carbonyl (C=O) groups is 2. The molecule has 4 fully saturated rings.